The highest BCUT2D eigenvalue weighted by Gasteiger charge is 2.19. The normalized spacial score (nSPS) is 14.8. The third kappa shape index (κ3) is 4.69. The molecular formula is C19H25N3O3S2. The number of thiophene rings is 1. The first-order valence-electron chi connectivity index (χ1n) is 9.03. The van der Waals surface area contributed by atoms with Gasteiger partial charge in [-0.25, -0.2) is 13.6 Å². The molecule has 2 aromatic rings. The maximum Gasteiger partial charge on any atom is 0.265 e. The van der Waals surface area contributed by atoms with Crippen LogP contribution < -0.4 is 15.4 Å². The van der Waals surface area contributed by atoms with Crippen LogP contribution in [0.25, 0.3) is 0 Å². The van der Waals surface area contributed by atoms with Gasteiger partial charge in [0.25, 0.3) is 5.91 Å². The van der Waals surface area contributed by atoms with E-state index in [1.54, 1.807) is 17.4 Å². The lowest BCUT2D eigenvalue weighted by atomic mass is 10.00. The van der Waals surface area contributed by atoms with Crippen LogP contribution in [0.5, 0.6) is 0 Å². The molecular weight excluding hydrogens is 382 g/mol. The zero-order valence-corrected chi connectivity index (χ0v) is 17.3. The average molecular weight is 408 g/mol. The van der Waals surface area contributed by atoms with Crippen molar-refractivity contribution < 1.29 is 13.2 Å². The number of fused-ring (bicyclic) bond motifs is 1. The summed E-state index contributed by atoms with van der Waals surface area (Å²) in [5.74, 6) is -0.221. The first-order chi connectivity index (χ1) is 12.8. The molecule has 1 aliphatic rings. The van der Waals surface area contributed by atoms with Crippen molar-refractivity contribution in [2.75, 3.05) is 24.3 Å². The molecule has 1 amide bonds. The second kappa shape index (κ2) is 8.00. The Hall–Kier alpha value is -1.90. The van der Waals surface area contributed by atoms with E-state index in [0.717, 1.165) is 25.7 Å². The third-order valence-electron chi connectivity index (χ3n) is 4.75. The first kappa shape index (κ1) is 19.9. The van der Waals surface area contributed by atoms with E-state index in [2.05, 4.69) is 5.32 Å². The number of aryl methyl sites for hydroxylation is 2. The minimum absolute atomic E-state index is 0.0261. The van der Waals surface area contributed by atoms with Crippen LogP contribution in [0.1, 0.15) is 45.8 Å². The number of hydrogen-bond acceptors (Lipinski definition) is 5. The lowest BCUT2D eigenvalue weighted by molar-refractivity contribution is 0.103. The third-order valence-corrected chi connectivity index (χ3v) is 6.89. The van der Waals surface area contributed by atoms with Crippen LogP contribution in [-0.2, 0) is 22.9 Å². The quantitative estimate of drug-likeness (QED) is 0.813. The summed E-state index contributed by atoms with van der Waals surface area (Å²) in [6.45, 7) is 0. The van der Waals surface area contributed by atoms with Crippen molar-refractivity contribution >= 4 is 38.6 Å². The number of nitrogens with two attached hydrogens (primary N) is 1. The minimum atomic E-state index is -3.85. The van der Waals surface area contributed by atoms with Gasteiger partial charge >= 0.3 is 0 Å². The Kier molecular flexibility index (Phi) is 5.88. The summed E-state index contributed by atoms with van der Waals surface area (Å²) in [5, 5.41) is 8.11. The standard InChI is InChI=1S/C19H25N3O3S2/c1-22(2)16-10-9-14(27(20,24)25)12-15(16)21-19(23)18-11-13-7-5-3-4-6-8-17(13)26-18/h9-12H,3-8H2,1-2H3,(H,21,23)(H2,20,24,25). The number of carbonyl (C=O) groups is 1. The predicted octanol–water partition coefficient (Wildman–Crippen LogP) is 3.37. The summed E-state index contributed by atoms with van der Waals surface area (Å²) < 4.78 is 23.3. The van der Waals surface area contributed by atoms with E-state index < -0.39 is 10.0 Å². The Labute approximate surface area is 164 Å². The van der Waals surface area contributed by atoms with Crippen molar-refractivity contribution in [2.45, 2.75) is 43.4 Å². The van der Waals surface area contributed by atoms with Gasteiger partial charge in [-0.2, -0.15) is 0 Å². The van der Waals surface area contributed by atoms with Crippen LogP contribution in [0.3, 0.4) is 0 Å². The molecule has 8 heteroatoms. The Morgan fingerprint density at radius 3 is 2.48 bits per heavy atom. The Morgan fingerprint density at radius 1 is 1.11 bits per heavy atom. The van der Waals surface area contributed by atoms with Crippen LogP contribution in [-0.4, -0.2) is 28.4 Å². The van der Waals surface area contributed by atoms with Crippen LogP contribution in [0.15, 0.2) is 29.2 Å². The van der Waals surface area contributed by atoms with Crippen LogP contribution >= 0.6 is 11.3 Å². The van der Waals surface area contributed by atoms with Gasteiger partial charge in [-0.3, -0.25) is 4.79 Å². The maximum atomic E-state index is 12.8. The number of amides is 1. The molecule has 1 aromatic heterocycles. The molecule has 1 aromatic carbocycles. The van der Waals surface area contributed by atoms with E-state index in [0.29, 0.717) is 16.3 Å². The lowest BCUT2D eigenvalue weighted by Crippen LogP contribution is -2.18. The summed E-state index contributed by atoms with van der Waals surface area (Å²) in [5.41, 5.74) is 2.42. The molecule has 0 atom stereocenters. The fourth-order valence-corrected chi connectivity index (χ4v) is 5.01. The van der Waals surface area contributed by atoms with E-state index >= 15 is 0 Å². The van der Waals surface area contributed by atoms with Gasteiger partial charge in [0.15, 0.2) is 0 Å². The molecule has 0 spiro atoms. The Morgan fingerprint density at radius 2 is 1.81 bits per heavy atom. The second-order valence-electron chi connectivity index (χ2n) is 7.05. The molecule has 27 heavy (non-hydrogen) atoms. The van der Waals surface area contributed by atoms with E-state index in [9.17, 15) is 13.2 Å². The summed E-state index contributed by atoms with van der Waals surface area (Å²) in [6, 6.07) is 6.48. The monoisotopic (exact) mass is 407 g/mol. The highest BCUT2D eigenvalue weighted by molar-refractivity contribution is 7.89. The summed E-state index contributed by atoms with van der Waals surface area (Å²) in [4.78, 5) is 16.6. The van der Waals surface area contributed by atoms with Gasteiger partial charge < -0.3 is 10.2 Å². The number of benzene rings is 1. The molecule has 1 heterocycles. The lowest BCUT2D eigenvalue weighted by Gasteiger charge is -2.18. The molecule has 0 saturated heterocycles. The van der Waals surface area contributed by atoms with Gasteiger partial charge in [-0.15, -0.1) is 11.3 Å². The molecule has 0 bridgehead atoms. The summed E-state index contributed by atoms with van der Waals surface area (Å²) >= 11 is 1.54. The summed E-state index contributed by atoms with van der Waals surface area (Å²) in [7, 11) is -0.182. The van der Waals surface area contributed by atoms with Crippen molar-refractivity contribution in [3.63, 3.8) is 0 Å². The zero-order chi connectivity index (χ0) is 19.6. The number of nitrogens with zero attached hydrogens (tertiary/aromatic N) is 1. The van der Waals surface area contributed by atoms with Crippen molar-refractivity contribution in [3.8, 4) is 0 Å². The highest BCUT2D eigenvalue weighted by atomic mass is 32.2. The number of primary sulfonamides is 1. The molecule has 0 fully saturated rings. The van der Waals surface area contributed by atoms with Gasteiger partial charge in [-0.1, -0.05) is 12.8 Å². The molecule has 1 aliphatic carbocycles. The Balaban J connectivity index is 1.90. The maximum absolute atomic E-state index is 12.8. The topological polar surface area (TPSA) is 92.5 Å². The van der Waals surface area contributed by atoms with Gasteiger partial charge in [0.1, 0.15) is 0 Å². The van der Waals surface area contributed by atoms with Crippen molar-refractivity contribution in [3.05, 3.63) is 39.6 Å². The number of sulfonamides is 1. The number of carbonyl (C=O) groups excluding carboxylic acids is 1. The molecule has 3 N–H and O–H groups in total. The minimum Gasteiger partial charge on any atom is -0.376 e. The van der Waals surface area contributed by atoms with Gasteiger partial charge in [0.05, 0.1) is 21.1 Å². The second-order valence-corrected chi connectivity index (χ2v) is 9.74. The first-order valence-corrected chi connectivity index (χ1v) is 11.4. The van der Waals surface area contributed by atoms with E-state index in [1.165, 1.54) is 35.4 Å². The molecule has 0 radical (unpaired) electrons. The van der Waals surface area contributed by atoms with Gasteiger partial charge in [0, 0.05) is 19.0 Å². The fourth-order valence-electron chi connectivity index (χ4n) is 3.32. The zero-order valence-electron chi connectivity index (χ0n) is 15.6. The predicted molar refractivity (Wildman–Crippen MR) is 110 cm³/mol. The summed E-state index contributed by atoms with van der Waals surface area (Å²) in [6.07, 6.45) is 6.84. The van der Waals surface area contributed by atoms with E-state index in [4.69, 9.17) is 5.14 Å². The molecule has 6 nitrogen and oxygen atoms in total. The van der Waals surface area contributed by atoms with Crippen LogP contribution in [0.2, 0.25) is 0 Å². The fraction of sp³-hybridized carbons (Fsp3) is 0.421. The molecule has 0 aliphatic heterocycles. The van der Waals surface area contributed by atoms with Crippen molar-refractivity contribution in [2.24, 2.45) is 5.14 Å². The van der Waals surface area contributed by atoms with Crippen LogP contribution in [0.4, 0.5) is 11.4 Å². The molecule has 146 valence electrons. The molecule has 3 rings (SSSR count). The van der Waals surface area contributed by atoms with Crippen molar-refractivity contribution in [1.29, 1.82) is 0 Å². The SMILES string of the molecule is CN(C)c1ccc(S(N)(=O)=O)cc1NC(=O)c1cc2c(s1)CCCCCC2. The number of anilines is 2. The van der Waals surface area contributed by atoms with Gasteiger partial charge in [0.2, 0.25) is 10.0 Å². The smallest absolute Gasteiger partial charge is 0.265 e. The average Bonchev–Trinajstić information content (AvgIpc) is 2.96. The highest BCUT2D eigenvalue weighted by Crippen LogP contribution is 2.31. The number of hydrogen-bond donors (Lipinski definition) is 2. The van der Waals surface area contributed by atoms with Crippen LogP contribution in [0, 0.1) is 0 Å². The van der Waals surface area contributed by atoms with E-state index in [-0.39, 0.29) is 10.8 Å². The number of nitrogens with one attached hydrogen (secondary N) is 1. The number of rotatable bonds is 4. The van der Waals surface area contributed by atoms with Crippen molar-refractivity contribution in [1.82, 2.24) is 0 Å². The van der Waals surface area contributed by atoms with Gasteiger partial charge in [-0.05, 0) is 55.5 Å². The largest absolute Gasteiger partial charge is 0.376 e. The molecule has 0 unspecified atom stereocenters. The van der Waals surface area contributed by atoms with E-state index in [1.807, 2.05) is 25.1 Å². The Bertz CT molecular complexity index is 924. The molecule has 0 saturated carbocycles.